The molecule has 0 saturated carbocycles. The van der Waals surface area contributed by atoms with Gasteiger partial charge in [-0.05, 0) is 56.2 Å². The average molecular weight is 305 g/mol. The molecular weight excluding hydrogens is 282 g/mol. The quantitative estimate of drug-likeness (QED) is 0.723. The summed E-state index contributed by atoms with van der Waals surface area (Å²) in [5.41, 5.74) is 10.7. The molecule has 1 aliphatic rings. The summed E-state index contributed by atoms with van der Waals surface area (Å²) in [7, 11) is 0. The zero-order chi connectivity index (χ0) is 16.1. The van der Waals surface area contributed by atoms with Gasteiger partial charge in [-0.1, -0.05) is 18.2 Å². The molecule has 0 fully saturated rings. The second-order valence-corrected chi connectivity index (χ2v) is 5.69. The molecule has 1 aromatic carbocycles. The lowest BCUT2D eigenvalue weighted by Gasteiger charge is -2.21. The van der Waals surface area contributed by atoms with Gasteiger partial charge in [0.15, 0.2) is 6.10 Å². The molecule has 0 radical (unpaired) electrons. The van der Waals surface area contributed by atoms with Gasteiger partial charge in [0, 0.05) is 0 Å². The van der Waals surface area contributed by atoms with Crippen LogP contribution >= 0.6 is 0 Å². The molecule has 2 rings (SSSR count). The first-order valence-electron chi connectivity index (χ1n) is 7.60. The van der Waals surface area contributed by atoms with E-state index in [1.165, 1.54) is 24.0 Å². The molecule has 1 aromatic rings. The summed E-state index contributed by atoms with van der Waals surface area (Å²) in [6.07, 6.45) is 3.90. The topological polar surface area (TPSA) is 93.4 Å². The van der Waals surface area contributed by atoms with Crippen molar-refractivity contribution < 1.29 is 14.4 Å². The lowest BCUT2D eigenvalue weighted by Crippen LogP contribution is -2.41. The van der Waals surface area contributed by atoms with Crippen LogP contribution in [-0.4, -0.2) is 18.0 Å². The molecule has 0 aromatic heterocycles. The van der Waals surface area contributed by atoms with Crippen molar-refractivity contribution in [2.75, 3.05) is 0 Å². The van der Waals surface area contributed by atoms with E-state index in [1.54, 1.807) is 6.92 Å². The number of hydrogen-bond donors (Lipinski definition) is 3. The summed E-state index contributed by atoms with van der Waals surface area (Å²) < 4.78 is 0. The van der Waals surface area contributed by atoms with Crippen LogP contribution in [0.1, 0.15) is 49.4 Å². The van der Waals surface area contributed by atoms with Crippen molar-refractivity contribution in [3.63, 3.8) is 0 Å². The number of rotatable bonds is 5. The Morgan fingerprint density at radius 2 is 1.86 bits per heavy atom. The highest BCUT2D eigenvalue weighted by Gasteiger charge is 2.18. The largest absolute Gasteiger partial charge is 0.350 e. The molecule has 0 spiro atoms. The van der Waals surface area contributed by atoms with Crippen molar-refractivity contribution >= 4 is 11.9 Å². The summed E-state index contributed by atoms with van der Waals surface area (Å²) in [6, 6.07) is 5.43. The minimum Gasteiger partial charge on any atom is -0.350 e. The van der Waals surface area contributed by atoms with Crippen LogP contribution in [0.2, 0.25) is 0 Å². The normalized spacial score (nSPS) is 16.3. The smallest absolute Gasteiger partial charge is 0.336 e. The zero-order valence-corrected chi connectivity index (χ0v) is 13.0. The number of fused-ring (bicyclic) bond motifs is 1. The number of aryl methyl sites for hydroxylation is 2. The molecule has 4 N–H and O–H groups in total. The summed E-state index contributed by atoms with van der Waals surface area (Å²) >= 11 is 0. The Morgan fingerprint density at radius 3 is 2.55 bits per heavy atom. The van der Waals surface area contributed by atoms with Gasteiger partial charge in [-0.25, -0.2) is 10.3 Å². The van der Waals surface area contributed by atoms with E-state index >= 15 is 0 Å². The average Bonchev–Trinajstić information content (AvgIpc) is 2.51. The van der Waals surface area contributed by atoms with Gasteiger partial charge in [0.1, 0.15) is 0 Å². The Morgan fingerprint density at radius 1 is 1.18 bits per heavy atom. The second kappa shape index (κ2) is 7.26. The molecular formula is C16H23N3O3. The van der Waals surface area contributed by atoms with E-state index < -0.39 is 12.1 Å². The monoisotopic (exact) mass is 305 g/mol. The van der Waals surface area contributed by atoms with Gasteiger partial charge in [-0.3, -0.25) is 9.63 Å². The van der Waals surface area contributed by atoms with Gasteiger partial charge >= 0.3 is 6.03 Å². The third-order valence-corrected chi connectivity index (χ3v) is 3.94. The Kier molecular flexibility index (Phi) is 5.38. The lowest BCUT2D eigenvalue weighted by atomic mass is 9.89. The molecule has 22 heavy (non-hydrogen) atoms. The highest BCUT2D eigenvalue weighted by molar-refractivity contribution is 5.81. The van der Waals surface area contributed by atoms with E-state index in [-0.39, 0.29) is 11.9 Å². The van der Waals surface area contributed by atoms with E-state index in [0.717, 1.165) is 18.4 Å². The Bertz CT molecular complexity index is 560. The van der Waals surface area contributed by atoms with Crippen LogP contribution in [0.3, 0.4) is 0 Å². The molecule has 6 nitrogen and oxygen atoms in total. The lowest BCUT2D eigenvalue weighted by molar-refractivity contribution is -0.135. The van der Waals surface area contributed by atoms with Crippen molar-refractivity contribution in [2.45, 2.75) is 51.7 Å². The highest BCUT2D eigenvalue weighted by Crippen LogP contribution is 2.24. The first kappa shape index (κ1) is 16.3. The highest BCUT2D eigenvalue weighted by atomic mass is 16.7. The third-order valence-electron chi connectivity index (χ3n) is 3.94. The maximum absolute atomic E-state index is 12.0. The maximum Gasteiger partial charge on any atom is 0.336 e. The van der Waals surface area contributed by atoms with E-state index in [1.807, 2.05) is 12.4 Å². The number of benzene rings is 1. The van der Waals surface area contributed by atoms with Crippen LogP contribution in [-0.2, 0) is 22.5 Å². The summed E-state index contributed by atoms with van der Waals surface area (Å²) in [5.74, 6) is -0.307. The number of primary amides is 1. The Labute approximate surface area is 130 Å². The fourth-order valence-corrected chi connectivity index (χ4v) is 2.64. The molecule has 0 heterocycles. The van der Waals surface area contributed by atoms with Gasteiger partial charge in [0.2, 0.25) is 0 Å². The summed E-state index contributed by atoms with van der Waals surface area (Å²) in [6.45, 7) is 3.47. The zero-order valence-electron chi connectivity index (χ0n) is 13.0. The van der Waals surface area contributed by atoms with E-state index in [0.29, 0.717) is 0 Å². The third kappa shape index (κ3) is 4.21. The first-order valence-corrected chi connectivity index (χ1v) is 7.60. The molecule has 0 bridgehead atoms. The van der Waals surface area contributed by atoms with Crippen molar-refractivity contribution in [3.05, 3.63) is 34.9 Å². The van der Waals surface area contributed by atoms with Gasteiger partial charge < -0.3 is 11.1 Å². The molecule has 3 amide bonds. The van der Waals surface area contributed by atoms with Gasteiger partial charge in [-0.15, -0.1) is 0 Å². The van der Waals surface area contributed by atoms with Crippen molar-refractivity contribution in [1.82, 2.24) is 10.8 Å². The fourth-order valence-electron chi connectivity index (χ4n) is 2.64. The predicted octanol–water partition coefficient (Wildman–Crippen LogP) is 1.73. The number of nitrogens with two attached hydrogens (primary N) is 1. The fraction of sp³-hybridized carbons (Fsp3) is 0.500. The molecule has 0 unspecified atom stereocenters. The van der Waals surface area contributed by atoms with Gasteiger partial charge in [0.25, 0.3) is 5.91 Å². The molecule has 2 atom stereocenters. The number of nitrogens with one attached hydrogen (secondary N) is 2. The Balaban J connectivity index is 1.95. The summed E-state index contributed by atoms with van der Waals surface area (Å²) in [4.78, 5) is 27.4. The maximum atomic E-state index is 12.0. The second-order valence-electron chi connectivity index (χ2n) is 5.69. The van der Waals surface area contributed by atoms with E-state index in [2.05, 4.69) is 23.5 Å². The minimum absolute atomic E-state index is 0.126. The molecule has 6 heteroatoms. The number of urea groups is 1. The standard InChI is InChI=1S/C16H23N3O3/c1-10(18-15(20)11(2)22-19-16(17)21)13-8-7-12-5-3-4-6-14(12)9-13/h7-11H,3-6H2,1-2H3,(H,18,20)(H3,17,19,21)/t10-,11+/m0/s1. The molecule has 1 aliphatic carbocycles. The van der Waals surface area contributed by atoms with Crippen LogP contribution in [0.4, 0.5) is 4.79 Å². The van der Waals surface area contributed by atoms with E-state index in [9.17, 15) is 9.59 Å². The van der Waals surface area contributed by atoms with Gasteiger partial charge in [0.05, 0.1) is 6.04 Å². The van der Waals surface area contributed by atoms with Crippen LogP contribution in [0.15, 0.2) is 18.2 Å². The SMILES string of the molecule is C[C@H](NC(=O)[C@@H](C)ONC(N)=O)c1ccc2c(c1)CCCC2. The van der Waals surface area contributed by atoms with Crippen LogP contribution in [0.5, 0.6) is 0 Å². The van der Waals surface area contributed by atoms with Crippen molar-refractivity contribution in [3.8, 4) is 0 Å². The molecule has 0 saturated heterocycles. The number of carbonyl (C=O) groups is 2. The predicted molar refractivity (Wildman–Crippen MR) is 82.9 cm³/mol. The molecule has 0 aliphatic heterocycles. The van der Waals surface area contributed by atoms with E-state index in [4.69, 9.17) is 10.6 Å². The number of hydrogen-bond acceptors (Lipinski definition) is 3. The van der Waals surface area contributed by atoms with Crippen molar-refractivity contribution in [1.29, 1.82) is 0 Å². The number of hydroxylamine groups is 1. The molecule has 120 valence electrons. The number of amides is 3. The van der Waals surface area contributed by atoms with Crippen molar-refractivity contribution in [2.24, 2.45) is 5.73 Å². The van der Waals surface area contributed by atoms with Crippen LogP contribution in [0, 0.1) is 0 Å². The summed E-state index contributed by atoms with van der Waals surface area (Å²) in [5, 5.41) is 2.87. The minimum atomic E-state index is -0.831. The number of carbonyl (C=O) groups excluding carboxylic acids is 2. The Hall–Kier alpha value is -2.08. The van der Waals surface area contributed by atoms with Gasteiger partial charge in [-0.2, -0.15) is 0 Å². The van der Waals surface area contributed by atoms with Crippen LogP contribution in [0.25, 0.3) is 0 Å². The first-order chi connectivity index (χ1) is 10.5. The van der Waals surface area contributed by atoms with Crippen LogP contribution < -0.4 is 16.5 Å².